The van der Waals surface area contributed by atoms with Gasteiger partial charge in [0.05, 0.1) is 30.4 Å². The number of carboxylic acid groups (broad SMARTS) is 1. The molecule has 1 aromatic rings. The number of ether oxygens (including phenoxy) is 1. The van der Waals surface area contributed by atoms with Gasteiger partial charge in [0.1, 0.15) is 17.5 Å². The Kier molecular flexibility index (Phi) is 6.74. The number of aliphatic carboxylic acids is 1. The SMILES string of the molecule is CCOC(=O)Nc1c(F)c(N2CCC(C)(NC(C)=O)C2)c(F)c2c1C(=O)C(C(=O)O)=C[N+]2(CC)C1CC1. The molecule has 2 fully saturated rings. The maximum atomic E-state index is 16.6. The van der Waals surface area contributed by atoms with Gasteiger partial charge in [0.2, 0.25) is 17.5 Å². The molecule has 12 heteroatoms. The van der Waals surface area contributed by atoms with E-state index in [4.69, 9.17) is 4.74 Å². The Bertz CT molecular complexity index is 1230. The largest absolute Gasteiger partial charge is 0.477 e. The van der Waals surface area contributed by atoms with Crippen molar-refractivity contribution in [3.63, 3.8) is 0 Å². The van der Waals surface area contributed by atoms with Crippen molar-refractivity contribution in [2.45, 2.75) is 58.5 Å². The van der Waals surface area contributed by atoms with Crippen molar-refractivity contribution in [2.75, 3.05) is 36.5 Å². The molecule has 4 rings (SSSR count). The average molecular weight is 522 g/mol. The predicted molar refractivity (Wildman–Crippen MR) is 131 cm³/mol. The Labute approximate surface area is 212 Å². The molecule has 200 valence electrons. The molecule has 10 nitrogen and oxygen atoms in total. The molecule has 2 unspecified atom stereocenters. The average Bonchev–Trinajstić information content (AvgIpc) is 3.60. The molecule has 3 N–H and O–H groups in total. The Hall–Kier alpha value is -3.54. The maximum absolute atomic E-state index is 16.6. The minimum absolute atomic E-state index is 0.0455. The predicted octanol–water partition coefficient (Wildman–Crippen LogP) is 3.29. The van der Waals surface area contributed by atoms with Gasteiger partial charge in [-0.05, 0) is 27.2 Å². The number of benzene rings is 1. The van der Waals surface area contributed by atoms with Crippen molar-refractivity contribution >= 4 is 40.8 Å². The third-order valence-electron chi connectivity index (χ3n) is 7.30. The lowest BCUT2D eigenvalue weighted by Crippen LogP contribution is -2.51. The van der Waals surface area contributed by atoms with Gasteiger partial charge in [-0.2, -0.15) is 4.39 Å². The summed E-state index contributed by atoms with van der Waals surface area (Å²) in [7, 11) is 0. The first-order valence-electron chi connectivity index (χ1n) is 12.3. The maximum Gasteiger partial charge on any atom is 0.411 e. The van der Waals surface area contributed by atoms with Crippen LogP contribution in [0.3, 0.4) is 0 Å². The first-order chi connectivity index (χ1) is 17.4. The quantitative estimate of drug-likeness (QED) is 0.371. The van der Waals surface area contributed by atoms with Gasteiger partial charge in [-0.1, -0.05) is 0 Å². The number of nitrogens with zero attached hydrogens (tertiary/aromatic N) is 2. The van der Waals surface area contributed by atoms with E-state index in [0.29, 0.717) is 19.3 Å². The molecule has 3 aliphatic rings. The van der Waals surface area contributed by atoms with Crippen LogP contribution in [0.2, 0.25) is 0 Å². The van der Waals surface area contributed by atoms with Gasteiger partial charge >= 0.3 is 12.1 Å². The summed E-state index contributed by atoms with van der Waals surface area (Å²) in [4.78, 5) is 50.9. The summed E-state index contributed by atoms with van der Waals surface area (Å²) >= 11 is 0. The molecule has 2 atom stereocenters. The molecule has 0 radical (unpaired) electrons. The van der Waals surface area contributed by atoms with Crippen LogP contribution in [0.1, 0.15) is 57.3 Å². The van der Waals surface area contributed by atoms with Gasteiger partial charge in [-0.15, -0.1) is 0 Å². The number of Topliss-reactive ketones (excluding diaryl/α,β-unsaturated/α-hetero) is 1. The van der Waals surface area contributed by atoms with E-state index < -0.39 is 57.5 Å². The van der Waals surface area contributed by atoms with Gasteiger partial charge < -0.3 is 20.1 Å². The molecular formula is C25H31F2N4O6+. The van der Waals surface area contributed by atoms with E-state index >= 15 is 8.78 Å². The van der Waals surface area contributed by atoms with Gasteiger partial charge in [-0.25, -0.2) is 14.0 Å². The zero-order valence-corrected chi connectivity index (χ0v) is 21.2. The van der Waals surface area contributed by atoms with E-state index in [9.17, 15) is 24.3 Å². The summed E-state index contributed by atoms with van der Waals surface area (Å²) in [5.41, 5.74) is -3.13. The first kappa shape index (κ1) is 26.5. The van der Waals surface area contributed by atoms with E-state index in [0.717, 1.165) is 0 Å². The normalized spacial score (nSPS) is 24.9. The molecule has 0 aromatic heterocycles. The van der Waals surface area contributed by atoms with Crippen LogP contribution in [0, 0.1) is 11.6 Å². The number of ketones is 1. The first-order valence-corrected chi connectivity index (χ1v) is 12.3. The number of nitrogens with one attached hydrogen (secondary N) is 2. The molecule has 37 heavy (non-hydrogen) atoms. The minimum Gasteiger partial charge on any atom is -0.477 e. The van der Waals surface area contributed by atoms with Crippen LogP contribution >= 0.6 is 0 Å². The lowest BCUT2D eigenvalue weighted by Gasteiger charge is -2.39. The summed E-state index contributed by atoms with van der Waals surface area (Å²) < 4.78 is 37.4. The second-order valence-corrected chi connectivity index (χ2v) is 9.99. The highest BCUT2D eigenvalue weighted by Gasteiger charge is 2.55. The van der Waals surface area contributed by atoms with Gasteiger partial charge in [0.25, 0.3) is 0 Å². The van der Waals surface area contributed by atoms with Crippen molar-refractivity contribution < 1.29 is 37.8 Å². The summed E-state index contributed by atoms with van der Waals surface area (Å²) in [5, 5.41) is 14.8. The highest BCUT2D eigenvalue weighted by atomic mass is 19.1. The summed E-state index contributed by atoms with van der Waals surface area (Å²) in [6.45, 7) is 6.83. The Morgan fingerprint density at radius 3 is 2.46 bits per heavy atom. The van der Waals surface area contributed by atoms with Crippen molar-refractivity contribution in [3.05, 3.63) is 29.0 Å². The van der Waals surface area contributed by atoms with E-state index in [-0.39, 0.29) is 48.4 Å². The number of hydrogen-bond donors (Lipinski definition) is 3. The molecule has 2 heterocycles. The molecule has 1 saturated heterocycles. The molecule has 1 aromatic carbocycles. The number of quaternary nitrogens is 1. The van der Waals surface area contributed by atoms with Crippen LogP contribution in [0.15, 0.2) is 11.8 Å². The number of carbonyl (C=O) groups is 4. The topological polar surface area (TPSA) is 125 Å². The third-order valence-corrected chi connectivity index (χ3v) is 7.30. The van der Waals surface area contributed by atoms with Gasteiger partial charge in [0.15, 0.2) is 17.1 Å². The molecule has 0 bridgehead atoms. The van der Waals surface area contributed by atoms with Crippen molar-refractivity contribution in [2.24, 2.45) is 0 Å². The van der Waals surface area contributed by atoms with Crippen LogP contribution < -0.4 is 20.0 Å². The standard InChI is InChI=1S/C25H30F2N4O6/c1-5-31(14-7-8-14)11-15(23(34)35)22(33)16-19(28-24(36)37-6-2)17(26)20(18(27)21(16)31)30-10-9-25(4,12-30)29-13(3)32/h11,14H,5-10,12H2,1-4H3,(H2-,28,29,32,33,34,35,36)/p+1. The molecule has 1 aliphatic carbocycles. The fourth-order valence-electron chi connectivity index (χ4n) is 5.59. The Morgan fingerprint density at radius 1 is 1.24 bits per heavy atom. The zero-order valence-electron chi connectivity index (χ0n) is 21.2. The molecule has 2 aliphatic heterocycles. The highest BCUT2D eigenvalue weighted by molar-refractivity contribution is 6.29. The minimum atomic E-state index is -1.52. The fourth-order valence-corrected chi connectivity index (χ4v) is 5.59. The van der Waals surface area contributed by atoms with Gasteiger partial charge in [0, 0.05) is 32.9 Å². The Balaban J connectivity index is 1.99. The van der Waals surface area contributed by atoms with E-state index in [1.54, 1.807) is 13.8 Å². The fraction of sp³-hybridized carbons (Fsp3) is 0.520. The highest BCUT2D eigenvalue weighted by Crippen LogP contribution is 2.52. The van der Waals surface area contributed by atoms with E-state index in [2.05, 4.69) is 10.6 Å². The number of rotatable bonds is 7. The molecule has 1 saturated carbocycles. The monoisotopic (exact) mass is 521 g/mol. The number of fused-ring (bicyclic) bond motifs is 1. The third kappa shape index (κ3) is 4.43. The van der Waals surface area contributed by atoms with Crippen LogP contribution in [0.25, 0.3) is 0 Å². The van der Waals surface area contributed by atoms with Crippen LogP contribution in [0.5, 0.6) is 0 Å². The lowest BCUT2D eigenvalue weighted by molar-refractivity contribution is -0.132. The number of hydrogen-bond acceptors (Lipinski definition) is 6. The van der Waals surface area contributed by atoms with Crippen molar-refractivity contribution in [1.29, 1.82) is 0 Å². The zero-order chi connectivity index (χ0) is 27.3. The van der Waals surface area contributed by atoms with E-state index in [1.165, 1.54) is 24.9 Å². The second kappa shape index (κ2) is 9.40. The Morgan fingerprint density at radius 2 is 1.92 bits per heavy atom. The number of carboxylic acids is 1. The molecule has 2 amide bonds. The van der Waals surface area contributed by atoms with Gasteiger partial charge in [-0.3, -0.25) is 19.4 Å². The van der Waals surface area contributed by atoms with Crippen molar-refractivity contribution in [3.8, 4) is 0 Å². The second-order valence-electron chi connectivity index (χ2n) is 9.99. The smallest absolute Gasteiger partial charge is 0.411 e. The number of amides is 2. The molecular weight excluding hydrogens is 490 g/mol. The number of anilines is 2. The summed E-state index contributed by atoms with van der Waals surface area (Å²) in [6.07, 6.45) is 1.89. The van der Waals surface area contributed by atoms with Crippen LogP contribution in [-0.4, -0.2) is 66.7 Å². The molecule has 0 spiro atoms. The number of halogens is 2. The summed E-state index contributed by atoms with van der Waals surface area (Å²) in [5.74, 6) is -5.10. The van der Waals surface area contributed by atoms with Crippen molar-refractivity contribution in [1.82, 2.24) is 9.80 Å². The van der Waals surface area contributed by atoms with Crippen LogP contribution in [0.4, 0.5) is 30.6 Å². The lowest BCUT2D eigenvalue weighted by atomic mass is 9.92. The van der Waals surface area contributed by atoms with Crippen LogP contribution in [-0.2, 0) is 14.3 Å². The summed E-state index contributed by atoms with van der Waals surface area (Å²) in [6, 6.07) is -0.210. The number of carbonyl (C=O) groups excluding carboxylic acids is 3. The van der Waals surface area contributed by atoms with E-state index in [1.807, 2.05) is 0 Å².